The highest BCUT2D eigenvalue weighted by molar-refractivity contribution is 5.36. The van der Waals surface area contributed by atoms with Crippen LogP contribution in [0.15, 0.2) is 48.5 Å². The largest absolute Gasteiger partial charge is 0.494 e. The van der Waals surface area contributed by atoms with Crippen molar-refractivity contribution in [2.45, 2.75) is 32.7 Å². The third-order valence-corrected chi connectivity index (χ3v) is 3.66. The molecule has 0 aromatic heterocycles. The molecule has 0 radical (unpaired) electrons. The van der Waals surface area contributed by atoms with E-state index in [1.54, 1.807) is 0 Å². The fourth-order valence-corrected chi connectivity index (χ4v) is 2.61. The molecule has 2 aromatic rings. The highest BCUT2D eigenvalue weighted by atomic mass is 16.5. The van der Waals surface area contributed by atoms with E-state index in [4.69, 9.17) is 4.74 Å². The minimum atomic E-state index is 0.219. The van der Waals surface area contributed by atoms with Gasteiger partial charge in [0.1, 0.15) is 5.75 Å². The molecular weight excluding hydrogens is 258 g/mol. The number of benzene rings is 2. The molecule has 0 amide bonds. The van der Waals surface area contributed by atoms with Gasteiger partial charge in [0.2, 0.25) is 0 Å². The molecule has 0 bridgehead atoms. The Kier molecular flexibility index (Phi) is 5.82. The standard InChI is InChI=1S/C19H25NO/c1-4-6-15-7-9-16(10-8-15)19(20-3)17-11-13-18(14-12-17)21-5-2/h7-14,19-20H,4-6H2,1-3H3. The summed E-state index contributed by atoms with van der Waals surface area (Å²) in [6.45, 7) is 4.92. The van der Waals surface area contributed by atoms with E-state index in [2.05, 4.69) is 48.6 Å². The number of ether oxygens (including phenoxy) is 1. The smallest absolute Gasteiger partial charge is 0.119 e. The van der Waals surface area contributed by atoms with Gasteiger partial charge >= 0.3 is 0 Å². The molecule has 2 rings (SSSR count). The summed E-state index contributed by atoms with van der Waals surface area (Å²) in [7, 11) is 2.00. The lowest BCUT2D eigenvalue weighted by molar-refractivity contribution is 0.340. The molecule has 0 aliphatic rings. The maximum absolute atomic E-state index is 5.50. The Bertz CT molecular complexity index is 481. The fourth-order valence-electron chi connectivity index (χ4n) is 2.61. The zero-order chi connectivity index (χ0) is 15.1. The molecule has 0 aliphatic heterocycles. The first kappa shape index (κ1) is 15.6. The Morgan fingerprint density at radius 1 is 0.905 bits per heavy atom. The summed E-state index contributed by atoms with van der Waals surface area (Å²) in [6.07, 6.45) is 2.33. The molecule has 0 saturated heterocycles. The summed E-state index contributed by atoms with van der Waals surface area (Å²) in [5.41, 5.74) is 3.95. The average molecular weight is 283 g/mol. The van der Waals surface area contributed by atoms with E-state index >= 15 is 0 Å². The van der Waals surface area contributed by atoms with E-state index < -0.39 is 0 Å². The Labute approximate surface area is 128 Å². The molecule has 2 heteroatoms. The lowest BCUT2D eigenvalue weighted by Crippen LogP contribution is -2.17. The van der Waals surface area contributed by atoms with Gasteiger partial charge in [-0.15, -0.1) is 0 Å². The van der Waals surface area contributed by atoms with Crippen LogP contribution in [0.3, 0.4) is 0 Å². The van der Waals surface area contributed by atoms with Crippen molar-refractivity contribution in [2.75, 3.05) is 13.7 Å². The quantitative estimate of drug-likeness (QED) is 0.816. The molecule has 0 heterocycles. The van der Waals surface area contributed by atoms with Crippen molar-refractivity contribution < 1.29 is 4.74 Å². The summed E-state index contributed by atoms with van der Waals surface area (Å²) < 4.78 is 5.50. The maximum atomic E-state index is 5.50. The van der Waals surface area contributed by atoms with Gasteiger partial charge in [-0.1, -0.05) is 49.7 Å². The van der Waals surface area contributed by atoms with Crippen LogP contribution in [0.2, 0.25) is 0 Å². The Hall–Kier alpha value is -1.80. The zero-order valence-electron chi connectivity index (χ0n) is 13.2. The van der Waals surface area contributed by atoms with Crippen LogP contribution < -0.4 is 10.1 Å². The molecule has 0 saturated carbocycles. The number of nitrogens with one attached hydrogen (secondary N) is 1. The van der Waals surface area contributed by atoms with Crippen molar-refractivity contribution in [3.05, 3.63) is 65.2 Å². The van der Waals surface area contributed by atoms with Gasteiger partial charge in [-0.2, -0.15) is 0 Å². The van der Waals surface area contributed by atoms with E-state index in [9.17, 15) is 0 Å². The highest BCUT2D eigenvalue weighted by Gasteiger charge is 2.11. The van der Waals surface area contributed by atoms with Gasteiger partial charge in [-0.25, -0.2) is 0 Å². The van der Waals surface area contributed by atoms with Crippen LogP contribution in [0.4, 0.5) is 0 Å². The van der Waals surface area contributed by atoms with Gasteiger partial charge in [-0.3, -0.25) is 0 Å². The van der Waals surface area contributed by atoms with Crippen LogP contribution in [0.25, 0.3) is 0 Å². The van der Waals surface area contributed by atoms with E-state index in [1.165, 1.54) is 23.1 Å². The number of aryl methyl sites for hydroxylation is 1. The minimum absolute atomic E-state index is 0.219. The number of hydrogen-bond acceptors (Lipinski definition) is 2. The molecular formula is C19H25NO. The van der Waals surface area contributed by atoms with Crippen molar-refractivity contribution in [1.82, 2.24) is 5.32 Å². The second kappa shape index (κ2) is 7.84. The predicted octanol–water partition coefficient (Wildman–Crippen LogP) is 4.35. The predicted molar refractivity (Wildman–Crippen MR) is 89.0 cm³/mol. The fraction of sp³-hybridized carbons (Fsp3) is 0.368. The third-order valence-electron chi connectivity index (χ3n) is 3.66. The monoisotopic (exact) mass is 283 g/mol. The second-order valence-corrected chi connectivity index (χ2v) is 5.22. The van der Waals surface area contributed by atoms with E-state index in [0.717, 1.165) is 12.2 Å². The van der Waals surface area contributed by atoms with Crippen LogP contribution in [0, 0.1) is 0 Å². The molecule has 1 atom stereocenters. The average Bonchev–Trinajstić information content (AvgIpc) is 2.52. The van der Waals surface area contributed by atoms with Crippen molar-refractivity contribution >= 4 is 0 Å². The van der Waals surface area contributed by atoms with Gasteiger partial charge in [0.25, 0.3) is 0 Å². The summed E-state index contributed by atoms with van der Waals surface area (Å²) in [6, 6.07) is 17.5. The van der Waals surface area contributed by atoms with Crippen molar-refractivity contribution in [1.29, 1.82) is 0 Å². The molecule has 2 nitrogen and oxygen atoms in total. The molecule has 0 spiro atoms. The first-order valence-corrected chi connectivity index (χ1v) is 7.77. The van der Waals surface area contributed by atoms with Gasteiger partial charge in [0.15, 0.2) is 0 Å². The minimum Gasteiger partial charge on any atom is -0.494 e. The molecule has 1 unspecified atom stereocenters. The van der Waals surface area contributed by atoms with Gasteiger partial charge < -0.3 is 10.1 Å². The van der Waals surface area contributed by atoms with Crippen molar-refractivity contribution in [2.24, 2.45) is 0 Å². The Morgan fingerprint density at radius 2 is 1.48 bits per heavy atom. The highest BCUT2D eigenvalue weighted by Crippen LogP contribution is 2.24. The number of hydrogen-bond donors (Lipinski definition) is 1. The Balaban J connectivity index is 2.18. The van der Waals surface area contributed by atoms with E-state index in [-0.39, 0.29) is 6.04 Å². The topological polar surface area (TPSA) is 21.3 Å². The van der Waals surface area contributed by atoms with Gasteiger partial charge in [0, 0.05) is 0 Å². The second-order valence-electron chi connectivity index (χ2n) is 5.22. The van der Waals surface area contributed by atoms with Crippen molar-refractivity contribution in [3.63, 3.8) is 0 Å². The van der Waals surface area contributed by atoms with Gasteiger partial charge in [-0.05, 0) is 49.2 Å². The SMILES string of the molecule is CCCc1ccc(C(NC)c2ccc(OCC)cc2)cc1. The van der Waals surface area contributed by atoms with E-state index in [0.29, 0.717) is 6.61 Å². The first-order chi connectivity index (χ1) is 10.3. The molecule has 112 valence electrons. The van der Waals surface area contributed by atoms with Crippen LogP contribution >= 0.6 is 0 Å². The molecule has 21 heavy (non-hydrogen) atoms. The molecule has 0 aliphatic carbocycles. The van der Waals surface area contributed by atoms with Crippen LogP contribution in [0.1, 0.15) is 43.0 Å². The molecule has 2 aromatic carbocycles. The van der Waals surface area contributed by atoms with Crippen LogP contribution in [-0.2, 0) is 6.42 Å². The van der Waals surface area contributed by atoms with E-state index in [1.807, 2.05) is 26.1 Å². The molecule has 1 N–H and O–H groups in total. The summed E-state index contributed by atoms with van der Waals surface area (Å²) in [5.74, 6) is 0.925. The zero-order valence-corrected chi connectivity index (χ0v) is 13.2. The summed E-state index contributed by atoms with van der Waals surface area (Å²) >= 11 is 0. The van der Waals surface area contributed by atoms with Gasteiger partial charge in [0.05, 0.1) is 12.6 Å². The van der Waals surface area contributed by atoms with Crippen LogP contribution in [-0.4, -0.2) is 13.7 Å². The van der Waals surface area contributed by atoms with Crippen molar-refractivity contribution in [3.8, 4) is 5.75 Å². The first-order valence-electron chi connectivity index (χ1n) is 7.77. The maximum Gasteiger partial charge on any atom is 0.119 e. The lowest BCUT2D eigenvalue weighted by atomic mass is 9.97. The third kappa shape index (κ3) is 4.08. The Morgan fingerprint density at radius 3 is 1.95 bits per heavy atom. The molecule has 0 fully saturated rings. The van der Waals surface area contributed by atoms with Crippen LogP contribution in [0.5, 0.6) is 5.75 Å². The normalized spacial score (nSPS) is 12.1. The summed E-state index contributed by atoms with van der Waals surface area (Å²) in [4.78, 5) is 0. The lowest BCUT2D eigenvalue weighted by Gasteiger charge is -2.18. The number of rotatable bonds is 7. The summed E-state index contributed by atoms with van der Waals surface area (Å²) in [5, 5.41) is 3.40.